The summed E-state index contributed by atoms with van der Waals surface area (Å²) in [6, 6.07) is 10.3. The Labute approximate surface area is 200 Å². The first-order valence-corrected chi connectivity index (χ1v) is 12.0. The van der Waals surface area contributed by atoms with Crippen LogP contribution in [0.2, 0.25) is 10.0 Å². The van der Waals surface area contributed by atoms with E-state index in [9.17, 15) is 15.3 Å². The minimum Gasteiger partial charge on any atom is -0.508 e. The second-order valence-corrected chi connectivity index (χ2v) is 8.65. The molecule has 0 aromatic heterocycles. The van der Waals surface area contributed by atoms with Gasteiger partial charge in [0.1, 0.15) is 5.75 Å². The summed E-state index contributed by atoms with van der Waals surface area (Å²) in [6.45, 7) is 1.93. The van der Waals surface area contributed by atoms with Crippen LogP contribution in [0.15, 0.2) is 36.4 Å². The van der Waals surface area contributed by atoms with Crippen molar-refractivity contribution >= 4 is 23.2 Å². The SMILES string of the molecule is OCc1cc([C@@H](O)CCCCCCCCOCCOCc2c(Cl)cccc2Cl)ccc1O. The molecule has 0 heterocycles. The van der Waals surface area contributed by atoms with Crippen molar-refractivity contribution in [2.75, 3.05) is 19.8 Å². The summed E-state index contributed by atoms with van der Waals surface area (Å²) >= 11 is 12.2. The van der Waals surface area contributed by atoms with Gasteiger partial charge < -0.3 is 24.8 Å². The van der Waals surface area contributed by atoms with Crippen LogP contribution in [0.4, 0.5) is 0 Å². The zero-order valence-corrected chi connectivity index (χ0v) is 20.0. The Morgan fingerprint density at radius 3 is 2.19 bits per heavy atom. The number of hydrogen-bond donors (Lipinski definition) is 3. The maximum Gasteiger partial charge on any atom is 0.121 e. The van der Waals surface area contributed by atoms with Gasteiger partial charge in [0, 0.05) is 27.8 Å². The van der Waals surface area contributed by atoms with Gasteiger partial charge in [0.05, 0.1) is 32.5 Å². The van der Waals surface area contributed by atoms with Gasteiger partial charge in [-0.05, 0) is 42.7 Å². The maximum absolute atomic E-state index is 10.3. The highest BCUT2D eigenvalue weighted by Gasteiger charge is 2.10. The molecule has 178 valence electrons. The molecule has 0 bridgehead atoms. The van der Waals surface area contributed by atoms with Crippen molar-refractivity contribution in [2.24, 2.45) is 0 Å². The van der Waals surface area contributed by atoms with Gasteiger partial charge in [-0.15, -0.1) is 0 Å². The number of ether oxygens (including phenoxy) is 2. The van der Waals surface area contributed by atoms with E-state index in [4.69, 9.17) is 32.7 Å². The average Bonchev–Trinajstić information content (AvgIpc) is 2.78. The van der Waals surface area contributed by atoms with Crippen molar-refractivity contribution in [1.82, 2.24) is 0 Å². The van der Waals surface area contributed by atoms with Crippen molar-refractivity contribution in [3.8, 4) is 5.75 Å². The molecule has 0 radical (unpaired) electrons. The van der Waals surface area contributed by atoms with Crippen LogP contribution >= 0.6 is 23.2 Å². The molecule has 0 aliphatic carbocycles. The molecule has 0 aliphatic heterocycles. The Hall–Kier alpha value is -1.34. The first-order valence-electron chi connectivity index (χ1n) is 11.2. The molecule has 0 aliphatic rings. The van der Waals surface area contributed by atoms with Crippen LogP contribution in [0, 0.1) is 0 Å². The summed E-state index contributed by atoms with van der Waals surface area (Å²) in [7, 11) is 0. The molecule has 0 amide bonds. The summed E-state index contributed by atoms with van der Waals surface area (Å²) in [4.78, 5) is 0. The molecule has 1 atom stereocenters. The summed E-state index contributed by atoms with van der Waals surface area (Å²) in [5.74, 6) is 0.0574. The van der Waals surface area contributed by atoms with Gasteiger partial charge in [-0.3, -0.25) is 0 Å². The molecule has 3 N–H and O–H groups in total. The van der Waals surface area contributed by atoms with Gasteiger partial charge in [-0.1, -0.05) is 67.4 Å². The molecule has 2 aromatic carbocycles. The van der Waals surface area contributed by atoms with Crippen molar-refractivity contribution < 1.29 is 24.8 Å². The van der Waals surface area contributed by atoms with Crippen LogP contribution in [0.1, 0.15) is 67.7 Å². The molecular weight excluding hydrogens is 451 g/mol. The first-order chi connectivity index (χ1) is 15.5. The molecule has 0 saturated carbocycles. The molecule has 32 heavy (non-hydrogen) atoms. The Morgan fingerprint density at radius 1 is 0.812 bits per heavy atom. The number of aliphatic hydroxyl groups excluding tert-OH is 2. The number of benzene rings is 2. The minimum atomic E-state index is -0.564. The molecule has 0 spiro atoms. The van der Waals surface area contributed by atoms with Gasteiger partial charge in [0.25, 0.3) is 0 Å². The topological polar surface area (TPSA) is 79.2 Å². The van der Waals surface area contributed by atoms with Crippen molar-refractivity contribution in [2.45, 2.75) is 64.3 Å². The van der Waals surface area contributed by atoms with E-state index in [2.05, 4.69) is 0 Å². The normalized spacial score (nSPS) is 12.2. The Kier molecular flexibility index (Phi) is 13.0. The fourth-order valence-corrected chi connectivity index (χ4v) is 3.93. The minimum absolute atomic E-state index is 0.0574. The first kappa shape index (κ1) is 26.9. The number of hydrogen-bond acceptors (Lipinski definition) is 5. The molecule has 2 aromatic rings. The van der Waals surface area contributed by atoms with E-state index < -0.39 is 6.10 Å². The van der Waals surface area contributed by atoms with Crippen LogP contribution in [0.25, 0.3) is 0 Å². The van der Waals surface area contributed by atoms with E-state index in [1.165, 1.54) is 6.07 Å². The zero-order valence-electron chi connectivity index (χ0n) is 18.4. The van der Waals surface area contributed by atoms with Crippen molar-refractivity contribution in [3.63, 3.8) is 0 Å². The number of aromatic hydroxyl groups is 1. The fraction of sp³-hybridized carbons (Fsp3) is 0.520. The van der Waals surface area contributed by atoms with Gasteiger partial charge in [-0.2, -0.15) is 0 Å². The lowest BCUT2D eigenvalue weighted by Gasteiger charge is -2.12. The van der Waals surface area contributed by atoms with E-state index in [1.807, 2.05) is 6.07 Å². The van der Waals surface area contributed by atoms with Crippen LogP contribution < -0.4 is 0 Å². The van der Waals surface area contributed by atoms with Crippen LogP contribution in [-0.2, 0) is 22.7 Å². The van der Waals surface area contributed by atoms with E-state index in [0.717, 1.165) is 56.3 Å². The lowest BCUT2D eigenvalue weighted by Crippen LogP contribution is -2.06. The summed E-state index contributed by atoms with van der Waals surface area (Å²) in [6.07, 6.45) is 6.55. The number of unbranched alkanes of at least 4 members (excludes halogenated alkanes) is 5. The smallest absolute Gasteiger partial charge is 0.121 e. The summed E-state index contributed by atoms with van der Waals surface area (Å²) < 4.78 is 11.2. The van der Waals surface area contributed by atoms with E-state index in [-0.39, 0.29) is 12.4 Å². The molecular formula is C25H34Cl2O5. The molecule has 2 rings (SSSR count). The second-order valence-electron chi connectivity index (χ2n) is 7.84. The number of rotatable bonds is 16. The average molecular weight is 485 g/mol. The molecule has 0 unspecified atom stereocenters. The standard InChI is InChI=1S/C25H34Cl2O5/c26-22-8-7-9-23(27)21(22)18-32-15-14-31-13-6-4-2-1-3-5-10-24(29)19-11-12-25(30)20(16-19)17-28/h7-9,11-12,16,24,28-30H,1-6,10,13-15,17-18H2/t24-/m0/s1. The highest BCUT2D eigenvalue weighted by molar-refractivity contribution is 6.35. The van der Waals surface area contributed by atoms with E-state index in [1.54, 1.807) is 24.3 Å². The van der Waals surface area contributed by atoms with Crippen LogP contribution in [0.5, 0.6) is 5.75 Å². The quantitative estimate of drug-likeness (QED) is 0.247. The van der Waals surface area contributed by atoms with Gasteiger partial charge in [0.15, 0.2) is 0 Å². The predicted molar refractivity (Wildman–Crippen MR) is 128 cm³/mol. The van der Waals surface area contributed by atoms with Crippen LogP contribution in [-0.4, -0.2) is 35.1 Å². The molecule has 7 heteroatoms. The monoisotopic (exact) mass is 484 g/mol. The van der Waals surface area contributed by atoms with Crippen molar-refractivity contribution in [3.05, 3.63) is 63.1 Å². The Bertz CT molecular complexity index is 780. The third kappa shape index (κ3) is 9.65. The van der Waals surface area contributed by atoms with Gasteiger partial charge >= 0.3 is 0 Å². The number of phenols is 1. The number of aliphatic hydroxyl groups is 2. The molecule has 0 saturated heterocycles. The second kappa shape index (κ2) is 15.5. The molecule has 5 nitrogen and oxygen atoms in total. The summed E-state index contributed by atoms with van der Waals surface area (Å²) in [5, 5.41) is 30.3. The van der Waals surface area contributed by atoms with E-state index >= 15 is 0 Å². The zero-order chi connectivity index (χ0) is 23.2. The largest absolute Gasteiger partial charge is 0.508 e. The number of halogens is 2. The van der Waals surface area contributed by atoms with Crippen LogP contribution in [0.3, 0.4) is 0 Å². The lowest BCUT2D eigenvalue weighted by atomic mass is 10.00. The third-order valence-electron chi connectivity index (χ3n) is 5.36. The molecule has 0 fully saturated rings. The highest BCUT2D eigenvalue weighted by Crippen LogP contribution is 2.26. The van der Waals surface area contributed by atoms with Gasteiger partial charge in [-0.25, -0.2) is 0 Å². The fourth-order valence-electron chi connectivity index (χ4n) is 3.42. The van der Waals surface area contributed by atoms with E-state index in [0.29, 0.717) is 41.9 Å². The Balaban J connectivity index is 1.42. The van der Waals surface area contributed by atoms with Gasteiger partial charge in [0.2, 0.25) is 0 Å². The highest BCUT2D eigenvalue weighted by atomic mass is 35.5. The predicted octanol–water partition coefficient (Wildman–Crippen LogP) is 6.19. The summed E-state index contributed by atoms with van der Waals surface area (Å²) in [5.41, 5.74) is 1.99. The maximum atomic E-state index is 10.3. The lowest BCUT2D eigenvalue weighted by molar-refractivity contribution is 0.0393. The Morgan fingerprint density at radius 2 is 1.47 bits per heavy atom. The van der Waals surface area contributed by atoms with Crippen molar-refractivity contribution in [1.29, 1.82) is 0 Å². The third-order valence-corrected chi connectivity index (χ3v) is 6.06.